The van der Waals surface area contributed by atoms with Gasteiger partial charge in [0.15, 0.2) is 5.01 Å². The lowest BCUT2D eigenvalue weighted by Crippen LogP contribution is -2.26. The van der Waals surface area contributed by atoms with Gasteiger partial charge in [-0.25, -0.2) is 0 Å². The summed E-state index contributed by atoms with van der Waals surface area (Å²) in [5.74, 6) is 1.82. The maximum atomic E-state index is 6.60. The van der Waals surface area contributed by atoms with Gasteiger partial charge >= 0.3 is 0 Å². The van der Waals surface area contributed by atoms with Gasteiger partial charge in [-0.05, 0) is 30.5 Å². The number of rotatable bonds is 3. The monoisotopic (exact) mass is 402 g/mol. The van der Waals surface area contributed by atoms with Crippen LogP contribution in [0.4, 0.5) is 5.13 Å². The summed E-state index contributed by atoms with van der Waals surface area (Å²) in [6.45, 7) is 5.46. The van der Waals surface area contributed by atoms with Gasteiger partial charge in [-0.15, -0.1) is 10.2 Å². The number of aromatic nitrogens is 2. The molecule has 0 bridgehead atoms. The summed E-state index contributed by atoms with van der Waals surface area (Å²) in [7, 11) is 4.20. The molecule has 1 unspecified atom stereocenters. The number of nitrogens with zero attached hydrogens (tertiary/aromatic N) is 6. The van der Waals surface area contributed by atoms with Crippen LogP contribution in [-0.4, -0.2) is 73.1 Å². The fraction of sp³-hybridized carbons (Fsp3) is 0.526. The number of hydrazone groups is 1. The van der Waals surface area contributed by atoms with Crippen LogP contribution in [0.5, 0.6) is 0 Å². The first-order valence-corrected chi connectivity index (χ1v) is 10.6. The largest absolute Gasteiger partial charge is 0.346 e. The van der Waals surface area contributed by atoms with E-state index in [-0.39, 0.29) is 0 Å². The molecule has 142 valence electrons. The summed E-state index contributed by atoms with van der Waals surface area (Å²) in [6.07, 6.45) is 1.98. The van der Waals surface area contributed by atoms with E-state index in [1.54, 1.807) is 11.3 Å². The standard InChI is InChI=1S/C19H23ClN6S/c1-24-7-14-10-26(11-15(14)8-24)19-23-22-18(27-19)16-4-3-12(5-17(16)20)13-6-21-25(2)9-13/h3-6,13-15H,7-11H2,1-2H3/t13?,14-,15+. The van der Waals surface area contributed by atoms with Gasteiger partial charge in [-0.2, -0.15) is 5.10 Å². The number of likely N-dealkylation sites (tertiary alicyclic amines) is 1. The summed E-state index contributed by atoms with van der Waals surface area (Å²) in [4.78, 5) is 4.84. The van der Waals surface area contributed by atoms with Crippen molar-refractivity contribution in [1.82, 2.24) is 20.1 Å². The van der Waals surface area contributed by atoms with E-state index in [2.05, 4.69) is 44.3 Å². The van der Waals surface area contributed by atoms with Crippen LogP contribution in [0.1, 0.15) is 11.5 Å². The summed E-state index contributed by atoms with van der Waals surface area (Å²) in [5, 5.41) is 17.8. The van der Waals surface area contributed by atoms with Crippen LogP contribution in [0.3, 0.4) is 0 Å². The maximum absolute atomic E-state index is 6.60. The molecule has 2 aromatic rings. The molecule has 3 aliphatic rings. The van der Waals surface area contributed by atoms with Crippen LogP contribution in [0.2, 0.25) is 5.02 Å². The molecule has 0 aliphatic carbocycles. The number of fused-ring (bicyclic) bond motifs is 1. The minimum atomic E-state index is 0.300. The Morgan fingerprint density at radius 1 is 1.04 bits per heavy atom. The second kappa shape index (κ2) is 6.72. The summed E-state index contributed by atoms with van der Waals surface area (Å²) < 4.78 is 0. The predicted octanol–water partition coefficient (Wildman–Crippen LogP) is 2.87. The molecule has 6 nitrogen and oxygen atoms in total. The Hall–Kier alpha value is -1.70. The lowest BCUT2D eigenvalue weighted by molar-refractivity contribution is 0.381. The van der Waals surface area contributed by atoms with Crippen molar-refractivity contribution in [2.24, 2.45) is 16.9 Å². The van der Waals surface area contributed by atoms with E-state index in [9.17, 15) is 0 Å². The van der Waals surface area contributed by atoms with Crippen LogP contribution in [0.25, 0.3) is 10.6 Å². The van der Waals surface area contributed by atoms with Gasteiger partial charge in [0.2, 0.25) is 5.13 Å². The Morgan fingerprint density at radius 2 is 1.81 bits per heavy atom. The second-order valence-corrected chi connectivity index (χ2v) is 9.35. The number of benzene rings is 1. The molecule has 8 heteroatoms. The first-order chi connectivity index (χ1) is 13.1. The summed E-state index contributed by atoms with van der Waals surface area (Å²) in [5.41, 5.74) is 2.16. The first kappa shape index (κ1) is 17.4. The highest BCUT2D eigenvalue weighted by Crippen LogP contribution is 2.38. The maximum Gasteiger partial charge on any atom is 0.208 e. The van der Waals surface area contributed by atoms with Gasteiger partial charge in [0, 0.05) is 57.5 Å². The van der Waals surface area contributed by atoms with Crippen LogP contribution in [-0.2, 0) is 0 Å². The molecule has 0 spiro atoms. The molecule has 3 aliphatic heterocycles. The van der Waals surface area contributed by atoms with Crippen molar-refractivity contribution >= 4 is 34.3 Å². The van der Waals surface area contributed by atoms with Crippen molar-refractivity contribution < 1.29 is 0 Å². The van der Waals surface area contributed by atoms with Crippen molar-refractivity contribution in [2.45, 2.75) is 5.92 Å². The predicted molar refractivity (Wildman–Crippen MR) is 111 cm³/mol. The average molecular weight is 403 g/mol. The first-order valence-electron chi connectivity index (χ1n) is 9.39. The van der Waals surface area contributed by atoms with Gasteiger partial charge in [-0.3, -0.25) is 5.01 Å². The van der Waals surface area contributed by atoms with Crippen LogP contribution < -0.4 is 4.90 Å². The van der Waals surface area contributed by atoms with E-state index in [0.29, 0.717) is 5.92 Å². The van der Waals surface area contributed by atoms with E-state index in [1.807, 2.05) is 24.3 Å². The molecule has 3 atom stereocenters. The van der Waals surface area contributed by atoms with Crippen LogP contribution in [0.15, 0.2) is 23.3 Å². The van der Waals surface area contributed by atoms with Crippen molar-refractivity contribution in [2.75, 3.05) is 51.7 Å². The van der Waals surface area contributed by atoms with E-state index >= 15 is 0 Å². The molecular weight excluding hydrogens is 380 g/mol. The van der Waals surface area contributed by atoms with Gasteiger partial charge in [0.1, 0.15) is 0 Å². The van der Waals surface area contributed by atoms with Crippen molar-refractivity contribution in [1.29, 1.82) is 0 Å². The number of hydrogen-bond acceptors (Lipinski definition) is 7. The molecule has 4 heterocycles. The van der Waals surface area contributed by atoms with Gasteiger partial charge in [-0.1, -0.05) is 35.1 Å². The Balaban J connectivity index is 1.33. The Morgan fingerprint density at radius 3 is 2.48 bits per heavy atom. The SMILES string of the molecule is CN1C[C@@H]2CN(c3nnc(-c4ccc(C5C=NN(C)C5)cc4Cl)s3)C[C@@H]2C1. The highest BCUT2D eigenvalue weighted by Gasteiger charge is 2.39. The molecule has 0 amide bonds. The number of anilines is 1. The molecule has 0 radical (unpaired) electrons. The Bertz CT molecular complexity index is 869. The lowest BCUT2D eigenvalue weighted by Gasteiger charge is -2.17. The van der Waals surface area contributed by atoms with Crippen molar-refractivity contribution in [3.8, 4) is 10.6 Å². The molecule has 2 fully saturated rings. The molecule has 2 saturated heterocycles. The van der Waals surface area contributed by atoms with Crippen LogP contribution >= 0.6 is 22.9 Å². The number of likely N-dealkylation sites (N-methyl/N-ethyl adjacent to an activating group) is 1. The lowest BCUT2D eigenvalue weighted by atomic mass is 9.99. The minimum Gasteiger partial charge on any atom is -0.346 e. The molecular formula is C19H23ClN6S. The van der Waals surface area contributed by atoms with E-state index < -0.39 is 0 Å². The van der Waals surface area contributed by atoms with E-state index in [1.165, 1.54) is 18.7 Å². The topological polar surface area (TPSA) is 47.9 Å². The third kappa shape index (κ3) is 3.22. The quantitative estimate of drug-likeness (QED) is 0.790. The molecule has 0 saturated carbocycles. The van der Waals surface area contributed by atoms with Crippen LogP contribution in [0, 0.1) is 11.8 Å². The molecule has 1 aromatic heterocycles. The summed E-state index contributed by atoms with van der Waals surface area (Å²) in [6, 6.07) is 6.25. The zero-order valence-corrected chi connectivity index (χ0v) is 17.1. The van der Waals surface area contributed by atoms with Gasteiger partial charge in [0.05, 0.1) is 5.02 Å². The van der Waals surface area contributed by atoms with Gasteiger partial charge < -0.3 is 9.80 Å². The zero-order valence-electron chi connectivity index (χ0n) is 15.5. The average Bonchev–Trinajstić information content (AvgIpc) is 3.37. The zero-order chi connectivity index (χ0) is 18.5. The smallest absolute Gasteiger partial charge is 0.208 e. The number of halogens is 1. The van der Waals surface area contributed by atoms with Gasteiger partial charge in [0.25, 0.3) is 0 Å². The summed E-state index contributed by atoms with van der Waals surface area (Å²) >= 11 is 8.25. The highest BCUT2D eigenvalue weighted by atomic mass is 35.5. The molecule has 5 rings (SSSR count). The third-order valence-corrected chi connectivity index (χ3v) is 7.24. The molecule has 1 aromatic carbocycles. The third-order valence-electron chi connectivity index (χ3n) is 5.91. The number of hydrogen-bond donors (Lipinski definition) is 0. The molecule has 27 heavy (non-hydrogen) atoms. The minimum absolute atomic E-state index is 0.300. The fourth-order valence-electron chi connectivity index (χ4n) is 4.54. The van der Waals surface area contributed by atoms with E-state index in [0.717, 1.165) is 52.2 Å². The highest BCUT2D eigenvalue weighted by molar-refractivity contribution is 7.18. The second-order valence-electron chi connectivity index (χ2n) is 7.99. The van der Waals surface area contributed by atoms with Crippen molar-refractivity contribution in [3.63, 3.8) is 0 Å². The van der Waals surface area contributed by atoms with Crippen molar-refractivity contribution in [3.05, 3.63) is 28.8 Å². The Labute approximate surface area is 168 Å². The van der Waals surface area contributed by atoms with E-state index in [4.69, 9.17) is 11.6 Å². The molecule has 0 N–H and O–H groups in total. The normalized spacial score (nSPS) is 27.7. The Kier molecular flexibility index (Phi) is 4.33. The fourth-order valence-corrected chi connectivity index (χ4v) is 5.77.